The summed E-state index contributed by atoms with van der Waals surface area (Å²) in [6.07, 6.45) is 15.7. The molecule has 5 aromatic carbocycles. The molecule has 4 fully saturated rings. The molecule has 0 unspecified atom stereocenters. The van der Waals surface area contributed by atoms with E-state index in [2.05, 4.69) is 161 Å². The summed E-state index contributed by atoms with van der Waals surface area (Å²) in [6, 6.07) is 35.7. The van der Waals surface area contributed by atoms with Gasteiger partial charge in [0.2, 0.25) is 11.2 Å². The number of halogens is 3. The molecule has 620 valence electrons. The standard InChI is InChI=1S/C37H48BrN8O2P.C19H32N4O.C18H17BrClN4OP.C7H8O3S.C4H10O/c1-7-26-20-32(34(48-4)22-33(26)46-14-12-29(13-15-46)45-18-16-44(3)17-19-45)42-37-40-24-30(38)36(43-37)41-31-11-10-27(21-35(31)49(5,6)47)28-9-8-25(2)39-23-28;1-4-15-13-17(20)19(24-3)14-18(15)23-7-5-16(6-8-23)22-11-9-21(2)10-12-22;1-11-4-5-13(9-21-11)12-6-7-15(16(8-12)26(2,3)25)23-17-14(19)10-22-18(20)24-17;1-6-2-4-7(5-3-6)11(8,9)10;1-2-3-4-5/h8-11,20-24,29H,7,12-19H2,1-6H3,(H2,40,41,42,43);13-14,16H,4-12,20H2,1-3H3;4-10H,1-3H3,(H,22,23,24);2-5H,1H3,(H,8,9,10);5H,2-4H2,1H3. The molecule has 9 aromatic rings. The molecular weight excluding hydrogens is 1660 g/mol. The molecule has 30 heteroatoms. The van der Waals surface area contributed by atoms with Crippen LogP contribution in [0.1, 0.15) is 87.4 Å². The molecule has 4 aromatic heterocycles. The highest BCUT2D eigenvalue weighted by molar-refractivity contribution is 9.11. The van der Waals surface area contributed by atoms with Crippen molar-refractivity contribution in [3.8, 4) is 33.8 Å². The van der Waals surface area contributed by atoms with Gasteiger partial charge in [0, 0.05) is 179 Å². The number of unbranched alkanes of at least 4 members (excludes halogenated alkanes) is 1. The highest BCUT2D eigenvalue weighted by atomic mass is 79.9. The number of hydrogen-bond donors (Lipinski definition) is 6. The average molecular weight is 1780 g/mol. The first-order chi connectivity index (χ1) is 54.8. The van der Waals surface area contributed by atoms with E-state index in [1.54, 1.807) is 65.4 Å². The van der Waals surface area contributed by atoms with E-state index in [0.29, 0.717) is 39.2 Å². The summed E-state index contributed by atoms with van der Waals surface area (Å²) in [7, 11) is -1.39. The van der Waals surface area contributed by atoms with Crippen molar-refractivity contribution in [1.82, 2.24) is 49.5 Å². The number of hydrogen-bond acceptors (Lipinski definition) is 23. The van der Waals surface area contributed by atoms with Crippen molar-refractivity contribution >= 4 is 130 Å². The Labute approximate surface area is 703 Å². The monoisotopic (exact) mass is 1770 g/mol. The third-order valence-electron chi connectivity index (χ3n) is 21.0. The number of aromatic nitrogens is 6. The fraction of sp³-hybridized carbons (Fsp3) is 0.435. The summed E-state index contributed by atoms with van der Waals surface area (Å²) in [5, 5.41) is 19.7. The average Bonchev–Trinajstić information content (AvgIpc) is 0.800. The summed E-state index contributed by atoms with van der Waals surface area (Å²) in [5.74, 6) is 3.04. The van der Waals surface area contributed by atoms with Gasteiger partial charge in [-0.2, -0.15) is 18.4 Å². The van der Waals surface area contributed by atoms with Gasteiger partial charge in [-0.3, -0.25) is 24.3 Å². The van der Waals surface area contributed by atoms with E-state index in [1.807, 2.05) is 93.8 Å². The fourth-order valence-corrected chi connectivity index (χ4v) is 17.7. The number of methoxy groups -OCH3 is 2. The first-order valence-corrected chi connectivity index (χ1v) is 47.8. The van der Waals surface area contributed by atoms with E-state index in [-0.39, 0.29) is 10.2 Å². The minimum atomic E-state index is -4.02. The van der Waals surface area contributed by atoms with Gasteiger partial charge < -0.3 is 65.0 Å². The van der Waals surface area contributed by atoms with Crippen LogP contribution in [0.25, 0.3) is 22.3 Å². The molecule has 0 bridgehead atoms. The summed E-state index contributed by atoms with van der Waals surface area (Å²) in [5.41, 5.74) is 20.9. The number of likely N-dealkylation sites (N-methyl/N-ethyl adjacent to an activating group) is 2. The zero-order chi connectivity index (χ0) is 83.3. The number of nitrogens with one attached hydrogen (secondary N) is 3. The minimum absolute atomic E-state index is 0.0666. The summed E-state index contributed by atoms with van der Waals surface area (Å²) >= 11 is 12.9. The van der Waals surface area contributed by atoms with Crippen LogP contribution in [-0.4, -0.2) is 220 Å². The van der Waals surface area contributed by atoms with Crippen LogP contribution in [0.15, 0.2) is 148 Å². The number of nitrogens with two attached hydrogens (primary N) is 1. The number of piperazine rings is 2. The molecular formula is C85H115Br2ClN16O8P2S. The molecule has 4 saturated heterocycles. The van der Waals surface area contributed by atoms with Crippen molar-refractivity contribution in [2.45, 2.75) is 110 Å². The Morgan fingerprint density at radius 1 is 0.539 bits per heavy atom. The molecule has 0 spiro atoms. The molecule has 0 aliphatic carbocycles. The second-order valence-electron chi connectivity index (χ2n) is 30.2. The summed E-state index contributed by atoms with van der Waals surface area (Å²) in [6.45, 7) is 33.4. The van der Waals surface area contributed by atoms with Crippen LogP contribution < -0.4 is 51.6 Å². The van der Waals surface area contributed by atoms with Gasteiger partial charge in [-0.05, 0) is 233 Å². The molecule has 4 aliphatic heterocycles. The van der Waals surface area contributed by atoms with E-state index in [4.69, 9.17) is 41.5 Å². The number of aliphatic hydroxyl groups excluding tert-OH is 1. The van der Waals surface area contributed by atoms with Crippen LogP contribution in [-0.2, 0) is 32.1 Å². The third-order valence-corrected chi connectivity index (χ3v) is 26.3. The molecule has 4 aliphatic rings. The van der Waals surface area contributed by atoms with Crippen molar-refractivity contribution in [3.63, 3.8) is 0 Å². The second kappa shape index (κ2) is 42.7. The predicted molar refractivity (Wildman–Crippen MR) is 482 cm³/mol. The van der Waals surface area contributed by atoms with Gasteiger partial charge in [-0.25, -0.2) is 9.97 Å². The maximum Gasteiger partial charge on any atom is 0.294 e. The van der Waals surface area contributed by atoms with Crippen LogP contribution >= 0.6 is 57.7 Å². The fourth-order valence-electron chi connectivity index (χ4n) is 14.2. The number of aryl methyl sites for hydroxylation is 5. The van der Waals surface area contributed by atoms with E-state index < -0.39 is 24.4 Å². The van der Waals surface area contributed by atoms with Gasteiger partial charge in [0.15, 0.2) is 0 Å². The smallest absolute Gasteiger partial charge is 0.294 e. The lowest BCUT2D eigenvalue weighted by Gasteiger charge is -2.43. The first-order valence-electron chi connectivity index (χ1n) is 39.2. The lowest BCUT2D eigenvalue weighted by Crippen LogP contribution is -2.52. The minimum Gasteiger partial charge on any atom is -0.495 e. The maximum atomic E-state index is 13.5. The summed E-state index contributed by atoms with van der Waals surface area (Å²) < 4.78 is 68.6. The van der Waals surface area contributed by atoms with Crippen molar-refractivity contribution in [2.75, 3.05) is 172 Å². The number of anilines is 9. The third kappa shape index (κ3) is 26.2. The van der Waals surface area contributed by atoms with Crippen molar-refractivity contribution in [3.05, 3.63) is 176 Å². The molecule has 0 atom stereocenters. The van der Waals surface area contributed by atoms with Gasteiger partial charge >= 0.3 is 0 Å². The molecule has 0 saturated carbocycles. The SMILES string of the molecule is CCCCO.CCc1cc(N)c(OC)cc1N1CCC(N2CCN(C)CC2)CC1.CCc1cc(Nc2ncc(Br)c(Nc3ccc(-c4ccc(C)nc4)cc3P(C)(C)=O)n2)c(OC)cc1N1CCC(N2CCN(C)CC2)CC1.Cc1ccc(-c2ccc(Nc3nc(Cl)ncc3Br)c(P(C)(C)=O)c2)cn1.Cc1ccc(S(=O)(=O)O)cc1. The molecule has 115 heavy (non-hydrogen) atoms. The Hall–Kier alpha value is -7.62. The second-order valence-corrected chi connectivity index (χ2v) is 40.1. The number of piperidine rings is 2. The number of nitrogen functional groups attached to an aromatic ring is 1. The Morgan fingerprint density at radius 3 is 1.37 bits per heavy atom. The molecule has 0 radical (unpaired) electrons. The topological polar surface area (TPSA) is 286 Å². The molecule has 13 rings (SSSR count). The van der Waals surface area contributed by atoms with Gasteiger partial charge in [-0.15, -0.1) is 0 Å². The van der Waals surface area contributed by atoms with E-state index in [0.717, 1.165) is 155 Å². The number of aliphatic hydroxyl groups is 1. The Balaban J connectivity index is 0.000000192. The zero-order valence-corrected chi connectivity index (χ0v) is 75.5. The van der Waals surface area contributed by atoms with Crippen LogP contribution in [0.3, 0.4) is 0 Å². The van der Waals surface area contributed by atoms with Crippen molar-refractivity contribution < 1.29 is 36.7 Å². The number of rotatable bonds is 21. The number of nitrogens with zero attached hydrogens (tertiary/aromatic N) is 12. The first kappa shape index (κ1) is 91.3. The van der Waals surface area contributed by atoms with Gasteiger partial charge in [0.25, 0.3) is 10.1 Å². The molecule has 24 nitrogen and oxygen atoms in total. The zero-order valence-electron chi connectivity index (χ0n) is 68.9. The van der Waals surface area contributed by atoms with Gasteiger partial charge in [-0.1, -0.05) is 69.2 Å². The van der Waals surface area contributed by atoms with Crippen LogP contribution in [0.4, 0.5) is 51.7 Å². The number of benzene rings is 5. The van der Waals surface area contributed by atoms with E-state index in [9.17, 15) is 17.5 Å². The van der Waals surface area contributed by atoms with Gasteiger partial charge in [0.05, 0.1) is 50.8 Å². The van der Waals surface area contributed by atoms with Crippen LogP contribution in [0, 0.1) is 20.8 Å². The Morgan fingerprint density at radius 2 is 0.974 bits per heavy atom. The Bertz CT molecular complexity index is 4880. The van der Waals surface area contributed by atoms with Crippen molar-refractivity contribution in [2.24, 2.45) is 0 Å². The Kier molecular flexibility index (Phi) is 33.9. The van der Waals surface area contributed by atoms with Crippen molar-refractivity contribution in [1.29, 1.82) is 0 Å². The largest absolute Gasteiger partial charge is 0.495 e. The molecule has 8 heterocycles. The quantitative estimate of drug-likeness (QED) is 0.0169. The number of ether oxygens (including phenoxy) is 2. The highest BCUT2D eigenvalue weighted by Gasteiger charge is 2.31. The number of pyridine rings is 2. The lowest BCUT2D eigenvalue weighted by atomic mass is 9.99. The van der Waals surface area contributed by atoms with Crippen LogP contribution in [0.2, 0.25) is 5.28 Å². The highest BCUT2D eigenvalue weighted by Crippen LogP contribution is 2.44. The maximum absolute atomic E-state index is 13.5. The molecule has 7 N–H and O–H groups in total. The summed E-state index contributed by atoms with van der Waals surface area (Å²) in [4.78, 5) is 41.5. The van der Waals surface area contributed by atoms with Gasteiger partial charge in [0.1, 0.15) is 37.4 Å². The van der Waals surface area contributed by atoms with E-state index >= 15 is 0 Å². The lowest BCUT2D eigenvalue weighted by molar-refractivity contribution is 0.0982. The predicted octanol–water partition coefficient (Wildman–Crippen LogP) is 16.5. The molecule has 0 amide bonds. The van der Waals surface area contributed by atoms with Crippen LogP contribution in [0.5, 0.6) is 11.5 Å². The van der Waals surface area contributed by atoms with E-state index in [1.165, 1.54) is 99.6 Å². The normalized spacial score (nSPS) is 15.5.